The number of hydrogen-bond acceptors (Lipinski definition) is 2. The minimum absolute atomic E-state index is 0. The van der Waals surface area contributed by atoms with Crippen LogP contribution >= 0.6 is 0 Å². The molecule has 0 amide bonds. The molecule has 0 saturated carbocycles. The minimum Gasteiger partial charge on any atom is -0.373 e. The van der Waals surface area contributed by atoms with Crippen molar-refractivity contribution >= 4 is 0 Å². The molecule has 0 spiro atoms. The van der Waals surface area contributed by atoms with Crippen LogP contribution in [0.15, 0.2) is 53.3 Å². The summed E-state index contributed by atoms with van der Waals surface area (Å²) >= 11 is 0. The summed E-state index contributed by atoms with van der Waals surface area (Å²) < 4.78 is 0. The molecule has 130 valence electrons. The topological polar surface area (TPSA) is 27.0 Å². The molecule has 2 aliphatic rings. The summed E-state index contributed by atoms with van der Waals surface area (Å²) in [7, 11) is 0. The molecule has 0 N–H and O–H groups in total. The number of likely N-dealkylation sites (tertiary alicyclic amines) is 1. The van der Waals surface area contributed by atoms with Crippen LogP contribution in [-0.4, -0.2) is 18.0 Å². The van der Waals surface area contributed by atoms with Crippen molar-refractivity contribution in [2.24, 2.45) is 0 Å². The van der Waals surface area contributed by atoms with Crippen LogP contribution in [-0.2, 0) is 6.42 Å². The predicted octanol–water partition coefficient (Wildman–Crippen LogP) is 5.88. The molecule has 1 aromatic rings. The number of rotatable bonds is 5. The lowest BCUT2D eigenvalue weighted by atomic mass is 10.0. The van der Waals surface area contributed by atoms with Crippen LogP contribution in [0.2, 0.25) is 0 Å². The van der Waals surface area contributed by atoms with Crippen molar-refractivity contribution in [3.8, 4) is 6.07 Å². The monoisotopic (exact) mass is 324 g/mol. The van der Waals surface area contributed by atoms with Gasteiger partial charge in [0.05, 0.1) is 5.57 Å². The standard InChI is InChI=1S/C19H22N2.C2H6.CH4/c20-15-18-13-17(14-19(18)21-11-4-5-12-21)10-6-9-16-7-2-1-3-8-16;1-2;/h1-3,7-8,13H,4-6,9-12,14H2;1-2H3;1H4. The highest BCUT2D eigenvalue weighted by molar-refractivity contribution is 5.47. The minimum atomic E-state index is 0. The maximum atomic E-state index is 9.34. The van der Waals surface area contributed by atoms with E-state index in [0.717, 1.165) is 37.9 Å². The molecule has 1 aromatic carbocycles. The van der Waals surface area contributed by atoms with Crippen LogP contribution in [0.3, 0.4) is 0 Å². The molecule has 0 aromatic heterocycles. The number of nitriles is 1. The summed E-state index contributed by atoms with van der Waals surface area (Å²) in [5.74, 6) is 0. The van der Waals surface area contributed by atoms with E-state index >= 15 is 0 Å². The second kappa shape index (κ2) is 10.7. The van der Waals surface area contributed by atoms with Crippen molar-refractivity contribution in [3.63, 3.8) is 0 Å². The molecule has 3 rings (SSSR count). The molecule has 1 aliphatic heterocycles. The lowest BCUT2D eigenvalue weighted by Gasteiger charge is -2.20. The number of hydrogen-bond donors (Lipinski definition) is 0. The van der Waals surface area contributed by atoms with Gasteiger partial charge in [0.25, 0.3) is 0 Å². The van der Waals surface area contributed by atoms with E-state index in [1.807, 2.05) is 13.8 Å². The van der Waals surface area contributed by atoms with E-state index in [2.05, 4.69) is 47.4 Å². The van der Waals surface area contributed by atoms with Gasteiger partial charge in [0.2, 0.25) is 0 Å². The number of nitrogens with zero attached hydrogens (tertiary/aromatic N) is 2. The summed E-state index contributed by atoms with van der Waals surface area (Å²) in [4.78, 5) is 2.42. The Morgan fingerprint density at radius 2 is 1.71 bits per heavy atom. The van der Waals surface area contributed by atoms with E-state index in [1.165, 1.54) is 36.1 Å². The van der Waals surface area contributed by atoms with E-state index in [-0.39, 0.29) is 7.43 Å². The van der Waals surface area contributed by atoms with Gasteiger partial charge in [0.1, 0.15) is 6.07 Å². The largest absolute Gasteiger partial charge is 0.373 e. The Hall–Kier alpha value is -2.01. The first kappa shape index (κ1) is 20.0. The smallest absolute Gasteiger partial charge is 0.101 e. The lowest BCUT2D eigenvalue weighted by molar-refractivity contribution is 0.416. The van der Waals surface area contributed by atoms with Gasteiger partial charge in [-0.2, -0.15) is 5.26 Å². The molecule has 2 heteroatoms. The summed E-state index contributed by atoms with van der Waals surface area (Å²) in [5, 5.41) is 9.34. The maximum Gasteiger partial charge on any atom is 0.101 e. The summed E-state index contributed by atoms with van der Waals surface area (Å²) in [6.45, 7) is 6.26. The van der Waals surface area contributed by atoms with Crippen LogP contribution in [0.25, 0.3) is 0 Å². The molecule has 1 heterocycles. The van der Waals surface area contributed by atoms with Crippen molar-refractivity contribution in [3.05, 3.63) is 58.8 Å². The normalized spacial score (nSPS) is 16.0. The first-order valence-corrected chi connectivity index (χ1v) is 8.98. The van der Waals surface area contributed by atoms with Gasteiger partial charge in [-0.15, -0.1) is 0 Å². The zero-order valence-corrected chi connectivity index (χ0v) is 14.5. The Morgan fingerprint density at radius 1 is 1.04 bits per heavy atom. The van der Waals surface area contributed by atoms with Gasteiger partial charge >= 0.3 is 0 Å². The van der Waals surface area contributed by atoms with Crippen LogP contribution in [0.5, 0.6) is 0 Å². The van der Waals surface area contributed by atoms with Gasteiger partial charge in [-0.05, 0) is 43.7 Å². The van der Waals surface area contributed by atoms with Gasteiger partial charge in [-0.3, -0.25) is 0 Å². The zero-order valence-electron chi connectivity index (χ0n) is 14.5. The third-order valence-corrected chi connectivity index (χ3v) is 4.47. The Kier molecular flexibility index (Phi) is 8.94. The highest BCUT2D eigenvalue weighted by Crippen LogP contribution is 2.32. The van der Waals surface area contributed by atoms with E-state index in [4.69, 9.17) is 0 Å². The molecule has 0 radical (unpaired) electrons. The molecule has 0 atom stereocenters. The average Bonchev–Trinajstić information content (AvgIpc) is 3.27. The Bertz CT molecular complexity index is 584. The molecule has 0 bridgehead atoms. The molecule has 1 fully saturated rings. The molecule has 1 saturated heterocycles. The molecular weight excluding hydrogens is 292 g/mol. The first-order chi connectivity index (χ1) is 11.4. The molecular formula is C22H32N2. The third-order valence-electron chi connectivity index (χ3n) is 4.47. The highest BCUT2D eigenvalue weighted by Gasteiger charge is 2.23. The molecule has 24 heavy (non-hydrogen) atoms. The second-order valence-corrected chi connectivity index (χ2v) is 5.98. The van der Waals surface area contributed by atoms with Crippen LogP contribution in [0.4, 0.5) is 0 Å². The van der Waals surface area contributed by atoms with Gasteiger partial charge in [0, 0.05) is 25.2 Å². The second-order valence-electron chi connectivity index (χ2n) is 5.98. The van der Waals surface area contributed by atoms with Crippen LogP contribution in [0, 0.1) is 11.3 Å². The van der Waals surface area contributed by atoms with Gasteiger partial charge in [-0.1, -0.05) is 57.2 Å². The average molecular weight is 325 g/mol. The summed E-state index contributed by atoms with van der Waals surface area (Å²) in [5.41, 5.74) is 5.03. The fourth-order valence-electron chi connectivity index (χ4n) is 3.34. The van der Waals surface area contributed by atoms with Crippen molar-refractivity contribution in [1.29, 1.82) is 5.26 Å². The van der Waals surface area contributed by atoms with Gasteiger partial charge in [0.15, 0.2) is 0 Å². The summed E-state index contributed by atoms with van der Waals surface area (Å²) in [6, 6.07) is 13.0. The Labute approximate surface area is 148 Å². The van der Waals surface area contributed by atoms with E-state index in [1.54, 1.807) is 0 Å². The predicted molar refractivity (Wildman–Crippen MR) is 104 cm³/mol. The van der Waals surface area contributed by atoms with Gasteiger partial charge in [-0.25, -0.2) is 0 Å². The zero-order chi connectivity index (χ0) is 16.5. The molecule has 2 nitrogen and oxygen atoms in total. The van der Waals surface area contributed by atoms with Crippen LogP contribution in [0.1, 0.15) is 58.9 Å². The Morgan fingerprint density at radius 3 is 2.33 bits per heavy atom. The molecule has 0 unspecified atom stereocenters. The number of aryl methyl sites for hydroxylation is 1. The summed E-state index contributed by atoms with van der Waals surface area (Å²) in [6.07, 6.45) is 9.08. The maximum absolute atomic E-state index is 9.34. The fourth-order valence-corrected chi connectivity index (χ4v) is 3.34. The van der Waals surface area contributed by atoms with E-state index in [0.29, 0.717) is 0 Å². The third kappa shape index (κ3) is 5.27. The van der Waals surface area contributed by atoms with Crippen LogP contribution < -0.4 is 0 Å². The number of allylic oxidation sites excluding steroid dienone is 3. The van der Waals surface area contributed by atoms with E-state index < -0.39 is 0 Å². The van der Waals surface area contributed by atoms with Crippen molar-refractivity contribution in [2.45, 2.75) is 59.8 Å². The quantitative estimate of drug-likeness (QED) is 0.676. The highest BCUT2D eigenvalue weighted by atomic mass is 15.2. The fraction of sp³-hybridized carbons (Fsp3) is 0.500. The van der Waals surface area contributed by atoms with Crippen molar-refractivity contribution in [2.75, 3.05) is 13.1 Å². The van der Waals surface area contributed by atoms with E-state index in [9.17, 15) is 5.26 Å². The first-order valence-electron chi connectivity index (χ1n) is 8.98. The molecule has 1 aliphatic carbocycles. The Balaban J connectivity index is 0.000000925. The van der Waals surface area contributed by atoms with Gasteiger partial charge < -0.3 is 4.90 Å². The SMILES string of the molecule is C.CC.N#CC1=C(N2CCCC2)CC(CCCc2ccccc2)=C1. The lowest BCUT2D eigenvalue weighted by Crippen LogP contribution is -2.18. The van der Waals surface area contributed by atoms with Crippen molar-refractivity contribution in [1.82, 2.24) is 4.90 Å². The van der Waals surface area contributed by atoms with Crippen molar-refractivity contribution < 1.29 is 0 Å². The number of benzene rings is 1.